The molecule has 0 aromatic carbocycles. The maximum absolute atomic E-state index is 8.33. The molecule has 0 heterocycles. The van der Waals surface area contributed by atoms with Gasteiger partial charge in [-0.3, -0.25) is 0 Å². The van der Waals surface area contributed by atoms with E-state index in [0.29, 0.717) is 0 Å². The van der Waals surface area contributed by atoms with E-state index in [1.807, 2.05) is 0 Å². The van der Waals surface area contributed by atoms with Crippen LogP contribution in [-0.4, -0.2) is 43.9 Å². The summed E-state index contributed by atoms with van der Waals surface area (Å²) in [6, 6.07) is 0. The van der Waals surface area contributed by atoms with E-state index >= 15 is 0 Å². The molecular weight excluding hydrogens is 205 g/mol. The van der Waals surface area contributed by atoms with Crippen molar-refractivity contribution in [3.63, 3.8) is 0 Å². The van der Waals surface area contributed by atoms with E-state index in [9.17, 15) is 0 Å². The van der Waals surface area contributed by atoms with E-state index in [2.05, 4.69) is 0 Å². The fourth-order valence-electron chi connectivity index (χ4n) is 0. The van der Waals surface area contributed by atoms with Gasteiger partial charge in [0, 0.05) is 0 Å². The van der Waals surface area contributed by atoms with Crippen molar-refractivity contribution in [2.75, 3.05) is 0 Å². The number of hydrogen-bond acceptors (Lipinski definition) is 3. The Morgan fingerprint density at radius 1 is 1.29 bits per heavy atom. The molecule has 0 aliphatic rings. The molecule has 0 amide bonds. The van der Waals surface area contributed by atoms with Gasteiger partial charge >= 0.3 is 70.4 Å². The molecule has 0 aromatic rings. The van der Waals surface area contributed by atoms with Gasteiger partial charge in [-0.1, -0.05) is 0 Å². The predicted octanol–water partition coefficient (Wildman–Crippen LogP) is -2.95. The Kier molecular flexibility index (Phi) is 52.5. The maximum Gasteiger partial charge on any atom is 3.00 e. The van der Waals surface area contributed by atoms with Crippen LogP contribution in [0.15, 0.2) is 0 Å². The SMILES string of the molecule is O=C([O-])[O-].[Ca+2].[O-2].[Y+3]. The number of carboxylic acid groups (broad SMARTS) is 2. The molecule has 4 nitrogen and oxygen atoms in total. The van der Waals surface area contributed by atoms with Crippen LogP contribution in [0.3, 0.4) is 0 Å². The summed E-state index contributed by atoms with van der Waals surface area (Å²) in [5.74, 6) is 0. The molecule has 7 heavy (non-hydrogen) atoms. The van der Waals surface area contributed by atoms with Crippen LogP contribution < -0.4 is 10.2 Å². The van der Waals surface area contributed by atoms with E-state index in [0.717, 1.165) is 0 Å². The molecule has 0 saturated heterocycles. The zero-order valence-electron chi connectivity index (χ0n) is 3.42. The summed E-state index contributed by atoms with van der Waals surface area (Å²) < 4.78 is 0. The van der Waals surface area contributed by atoms with Crippen molar-refractivity contribution < 1.29 is 53.2 Å². The molecule has 0 N–H and O–H groups in total. The van der Waals surface area contributed by atoms with Crippen LogP contribution in [0.2, 0.25) is 0 Å². The first-order valence-electron chi connectivity index (χ1n) is 0.612. The Balaban J connectivity index is -0.0000000150. The second kappa shape index (κ2) is 15.6. The third kappa shape index (κ3) is 93.6. The minimum atomic E-state index is -2.33. The van der Waals surface area contributed by atoms with Crippen LogP contribution >= 0.6 is 0 Å². The monoisotopic (exact) mass is 205 g/mol. The van der Waals surface area contributed by atoms with Gasteiger partial charge in [0.15, 0.2) is 0 Å². The summed E-state index contributed by atoms with van der Waals surface area (Å²) in [6.07, 6.45) is -2.33. The second-order valence-electron chi connectivity index (χ2n) is 0.250. The Morgan fingerprint density at radius 2 is 1.29 bits per heavy atom. The van der Waals surface area contributed by atoms with Crippen molar-refractivity contribution in [3.8, 4) is 0 Å². The van der Waals surface area contributed by atoms with Gasteiger partial charge < -0.3 is 20.5 Å². The summed E-state index contributed by atoms with van der Waals surface area (Å²) >= 11 is 0. The second-order valence-corrected chi connectivity index (χ2v) is 0.250. The first kappa shape index (κ1) is 23.5. The van der Waals surface area contributed by atoms with Gasteiger partial charge in [0.1, 0.15) is 0 Å². The Hall–Kier alpha value is 1.59. The molecule has 0 aromatic heterocycles. The Morgan fingerprint density at radius 3 is 1.29 bits per heavy atom. The Labute approximate surface area is 95.5 Å². The first-order valence-corrected chi connectivity index (χ1v) is 0.612. The van der Waals surface area contributed by atoms with Gasteiger partial charge in [0.25, 0.3) is 0 Å². The van der Waals surface area contributed by atoms with Crippen molar-refractivity contribution in [3.05, 3.63) is 0 Å². The van der Waals surface area contributed by atoms with Crippen molar-refractivity contribution >= 4 is 43.9 Å². The van der Waals surface area contributed by atoms with Crippen LogP contribution in [0.4, 0.5) is 4.79 Å². The smallest absolute Gasteiger partial charge is 2.00 e. The molecular formula is CCaO4Y+. The van der Waals surface area contributed by atoms with E-state index in [-0.39, 0.29) is 75.9 Å². The summed E-state index contributed by atoms with van der Waals surface area (Å²) in [7, 11) is 0. The average Bonchev–Trinajstić information content (AvgIpc) is 0.811. The van der Waals surface area contributed by atoms with E-state index in [1.165, 1.54) is 0 Å². The quantitative estimate of drug-likeness (QED) is 0.396. The molecule has 32 valence electrons. The zero-order chi connectivity index (χ0) is 3.58. The average molecular weight is 205 g/mol. The molecule has 0 spiro atoms. The summed E-state index contributed by atoms with van der Waals surface area (Å²) in [5.41, 5.74) is 0. The normalized spacial score (nSPS) is 3.43. The van der Waals surface area contributed by atoms with Crippen LogP contribution in [-0.2, 0) is 38.2 Å². The molecule has 0 aliphatic carbocycles. The van der Waals surface area contributed by atoms with Gasteiger partial charge in [0.05, 0.1) is 0 Å². The summed E-state index contributed by atoms with van der Waals surface area (Å²) in [5, 5.41) is 16.7. The fraction of sp³-hybridized carbons (Fsp3) is 0. The van der Waals surface area contributed by atoms with Gasteiger partial charge in [-0.2, -0.15) is 0 Å². The topological polar surface area (TPSA) is 91.7 Å². The third-order valence-electron chi connectivity index (χ3n) is 0. The fourth-order valence-corrected chi connectivity index (χ4v) is 0. The van der Waals surface area contributed by atoms with Crippen molar-refractivity contribution in [2.45, 2.75) is 0 Å². The third-order valence-corrected chi connectivity index (χ3v) is 0. The minimum absolute atomic E-state index is 0. The van der Waals surface area contributed by atoms with Crippen molar-refractivity contribution in [1.29, 1.82) is 0 Å². The number of rotatable bonds is 0. The molecule has 0 radical (unpaired) electrons. The van der Waals surface area contributed by atoms with Crippen molar-refractivity contribution in [1.82, 2.24) is 0 Å². The van der Waals surface area contributed by atoms with Gasteiger partial charge in [-0.15, -0.1) is 0 Å². The van der Waals surface area contributed by atoms with Gasteiger partial charge in [-0.25, -0.2) is 0 Å². The molecule has 0 fully saturated rings. The van der Waals surface area contributed by atoms with Gasteiger partial charge in [0.2, 0.25) is 0 Å². The van der Waals surface area contributed by atoms with E-state index in [1.54, 1.807) is 0 Å². The van der Waals surface area contributed by atoms with Crippen LogP contribution in [0.25, 0.3) is 0 Å². The molecule has 0 unspecified atom stereocenters. The van der Waals surface area contributed by atoms with Crippen LogP contribution in [0.5, 0.6) is 0 Å². The largest absolute Gasteiger partial charge is 3.00 e. The summed E-state index contributed by atoms with van der Waals surface area (Å²) in [6.45, 7) is 0. The number of carbonyl (C=O) groups is 1. The molecule has 0 rings (SSSR count). The number of hydrogen-bond donors (Lipinski definition) is 0. The molecule has 0 aliphatic heterocycles. The predicted molar refractivity (Wildman–Crippen MR) is 11.8 cm³/mol. The van der Waals surface area contributed by atoms with Crippen molar-refractivity contribution in [2.24, 2.45) is 0 Å². The standard InChI is InChI=1S/CH2O3.Ca.O.Y/c2-1(3)4;;;/h(H2,2,3,4);;;/q;+2;-2;+3/p-2. The first-order chi connectivity index (χ1) is 1.73. The van der Waals surface area contributed by atoms with Gasteiger partial charge in [-0.05, 0) is 6.16 Å². The summed E-state index contributed by atoms with van der Waals surface area (Å²) in [4.78, 5) is 8.33. The maximum atomic E-state index is 8.33. The Bertz CT molecular complexity index is 34.7. The molecule has 0 atom stereocenters. The minimum Gasteiger partial charge on any atom is -2.00 e. The molecule has 0 saturated carbocycles. The van der Waals surface area contributed by atoms with E-state index in [4.69, 9.17) is 15.0 Å². The molecule has 0 bridgehead atoms. The van der Waals surface area contributed by atoms with Crippen LogP contribution in [0.1, 0.15) is 0 Å². The molecule has 6 heteroatoms. The zero-order valence-corrected chi connectivity index (χ0v) is 8.46. The number of carbonyl (C=O) groups excluding carboxylic acids is 1. The van der Waals surface area contributed by atoms with E-state index < -0.39 is 6.16 Å². The van der Waals surface area contributed by atoms with Crippen LogP contribution in [0, 0.1) is 0 Å².